The Morgan fingerprint density at radius 3 is 2.49 bits per heavy atom. The fourth-order valence-corrected chi connectivity index (χ4v) is 4.02. The molecule has 0 fully saturated rings. The quantitative estimate of drug-likeness (QED) is 0.474. The number of benzene rings is 2. The lowest BCUT2D eigenvalue weighted by Crippen LogP contribution is -2.42. The summed E-state index contributed by atoms with van der Waals surface area (Å²) in [6.07, 6.45) is 2.16. The van der Waals surface area contributed by atoms with E-state index in [9.17, 15) is 14.4 Å². The molecule has 180 valence electrons. The monoisotopic (exact) mass is 474 g/mol. The fraction of sp³-hybridized carbons (Fsp3) is 0.231. The van der Waals surface area contributed by atoms with Crippen LogP contribution in [0.2, 0.25) is 0 Å². The standard InChI is InChI=1S/C26H26N4O5/c1-16-23-19(27-29-25(32)18-11-6-7-13-20(18)34-2)12-8-14-21(23)35-24(16)26(33)30-28-22(31)15-17-9-4-3-5-10-17/h3-7,9-11,13H,8,12,14-15H2,1-2H3,(H,28,31)(H,29,32)(H,30,33)/b27-19+. The third kappa shape index (κ3) is 5.40. The van der Waals surface area contributed by atoms with E-state index in [1.54, 1.807) is 31.2 Å². The Kier molecular flexibility index (Phi) is 7.25. The van der Waals surface area contributed by atoms with Crippen molar-refractivity contribution in [3.05, 3.63) is 88.4 Å². The van der Waals surface area contributed by atoms with E-state index in [1.165, 1.54) is 7.11 Å². The summed E-state index contributed by atoms with van der Waals surface area (Å²) >= 11 is 0. The maximum Gasteiger partial charge on any atom is 0.305 e. The van der Waals surface area contributed by atoms with Crippen LogP contribution in [-0.4, -0.2) is 30.5 Å². The second kappa shape index (κ2) is 10.7. The normalized spacial score (nSPS) is 13.6. The van der Waals surface area contributed by atoms with Gasteiger partial charge < -0.3 is 9.15 Å². The zero-order chi connectivity index (χ0) is 24.8. The van der Waals surface area contributed by atoms with Gasteiger partial charge in [-0.2, -0.15) is 5.10 Å². The molecule has 9 nitrogen and oxygen atoms in total. The molecule has 0 aliphatic heterocycles. The molecular formula is C26H26N4O5. The van der Waals surface area contributed by atoms with Gasteiger partial charge in [-0.05, 0) is 37.5 Å². The number of fused-ring (bicyclic) bond motifs is 1. The molecule has 1 aliphatic rings. The van der Waals surface area contributed by atoms with Crippen LogP contribution in [-0.2, 0) is 17.6 Å². The van der Waals surface area contributed by atoms with Crippen LogP contribution in [0.4, 0.5) is 0 Å². The van der Waals surface area contributed by atoms with Gasteiger partial charge in [0.15, 0.2) is 5.76 Å². The highest BCUT2D eigenvalue weighted by molar-refractivity contribution is 6.07. The Hall–Kier alpha value is -4.40. The molecule has 4 rings (SSSR count). The van der Waals surface area contributed by atoms with Gasteiger partial charge in [-0.15, -0.1) is 0 Å². The van der Waals surface area contributed by atoms with Crippen molar-refractivity contribution in [1.29, 1.82) is 0 Å². The van der Waals surface area contributed by atoms with Gasteiger partial charge in [0.25, 0.3) is 5.91 Å². The van der Waals surface area contributed by atoms with E-state index in [-0.39, 0.29) is 18.1 Å². The molecule has 3 amide bonds. The maximum absolute atomic E-state index is 12.7. The minimum atomic E-state index is -0.560. The first-order valence-electron chi connectivity index (χ1n) is 11.2. The molecule has 1 heterocycles. The van der Waals surface area contributed by atoms with Crippen LogP contribution in [0.5, 0.6) is 5.75 Å². The summed E-state index contributed by atoms with van der Waals surface area (Å²) in [5.74, 6) is -0.138. The largest absolute Gasteiger partial charge is 0.496 e. The number of carbonyl (C=O) groups is 3. The Balaban J connectivity index is 1.45. The van der Waals surface area contributed by atoms with Gasteiger partial charge in [0, 0.05) is 17.5 Å². The molecule has 0 radical (unpaired) electrons. The molecule has 1 aromatic heterocycles. The first-order chi connectivity index (χ1) is 17.0. The van der Waals surface area contributed by atoms with Crippen molar-refractivity contribution in [1.82, 2.24) is 16.3 Å². The molecule has 0 saturated carbocycles. The van der Waals surface area contributed by atoms with Crippen LogP contribution < -0.4 is 21.0 Å². The van der Waals surface area contributed by atoms with Crippen molar-refractivity contribution < 1.29 is 23.5 Å². The maximum atomic E-state index is 12.7. The summed E-state index contributed by atoms with van der Waals surface area (Å²) < 4.78 is 11.1. The Labute approximate surface area is 202 Å². The van der Waals surface area contributed by atoms with E-state index in [2.05, 4.69) is 21.4 Å². The number of methoxy groups -OCH3 is 1. The first kappa shape index (κ1) is 23.7. The summed E-state index contributed by atoms with van der Waals surface area (Å²) in [7, 11) is 1.50. The zero-order valence-corrected chi connectivity index (χ0v) is 19.5. The van der Waals surface area contributed by atoms with Crippen molar-refractivity contribution in [3.63, 3.8) is 0 Å². The van der Waals surface area contributed by atoms with E-state index in [0.29, 0.717) is 46.8 Å². The number of rotatable bonds is 6. The van der Waals surface area contributed by atoms with Gasteiger partial charge in [0.05, 0.1) is 24.8 Å². The minimum Gasteiger partial charge on any atom is -0.496 e. The van der Waals surface area contributed by atoms with Crippen LogP contribution in [0.25, 0.3) is 0 Å². The van der Waals surface area contributed by atoms with Crippen molar-refractivity contribution in [3.8, 4) is 5.75 Å². The Bertz CT molecular complexity index is 1280. The zero-order valence-electron chi connectivity index (χ0n) is 19.5. The van der Waals surface area contributed by atoms with Gasteiger partial charge in [-0.25, -0.2) is 5.43 Å². The molecule has 2 aromatic carbocycles. The number of ether oxygens (including phenoxy) is 1. The van der Waals surface area contributed by atoms with Gasteiger partial charge in [0.1, 0.15) is 11.5 Å². The third-order valence-electron chi connectivity index (χ3n) is 5.70. The SMILES string of the molecule is COc1ccccc1C(=O)N/N=C1\CCCc2oc(C(=O)NNC(=O)Cc3ccccc3)c(C)c21. The molecule has 0 saturated heterocycles. The predicted octanol–water partition coefficient (Wildman–Crippen LogP) is 3.07. The van der Waals surface area contributed by atoms with Gasteiger partial charge >= 0.3 is 5.91 Å². The molecule has 3 aromatic rings. The highest BCUT2D eigenvalue weighted by atomic mass is 16.5. The van der Waals surface area contributed by atoms with E-state index < -0.39 is 11.8 Å². The van der Waals surface area contributed by atoms with Crippen molar-refractivity contribution in [2.45, 2.75) is 32.6 Å². The molecule has 0 atom stereocenters. The number of nitrogens with one attached hydrogen (secondary N) is 3. The number of furan rings is 1. The van der Waals surface area contributed by atoms with Gasteiger partial charge in [-0.1, -0.05) is 42.5 Å². The lowest BCUT2D eigenvalue weighted by Gasteiger charge is -2.14. The van der Waals surface area contributed by atoms with Crippen molar-refractivity contribution >= 4 is 23.4 Å². The smallest absolute Gasteiger partial charge is 0.305 e. The molecule has 3 N–H and O–H groups in total. The molecular weight excluding hydrogens is 448 g/mol. The van der Waals surface area contributed by atoms with Crippen LogP contribution in [0.1, 0.15) is 56.2 Å². The Morgan fingerprint density at radius 2 is 1.71 bits per heavy atom. The lowest BCUT2D eigenvalue weighted by atomic mass is 9.93. The number of hydrogen-bond donors (Lipinski definition) is 3. The van der Waals surface area contributed by atoms with Crippen molar-refractivity contribution in [2.24, 2.45) is 5.10 Å². The highest BCUT2D eigenvalue weighted by Crippen LogP contribution is 2.30. The van der Waals surface area contributed by atoms with E-state index in [1.807, 2.05) is 30.3 Å². The average Bonchev–Trinajstić information content (AvgIpc) is 3.23. The lowest BCUT2D eigenvalue weighted by molar-refractivity contribution is -0.121. The number of amides is 3. The molecule has 9 heteroatoms. The average molecular weight is 475 g/mol. The molecule has 35 heavy (non-hydrogen) atoms. The van der Waals surface area contributed by atoms with E-state index in [4.69, 9.17) is 9.15 Å². The first-order valence-corrected chi connectivity index (χ1v) is 11.2. The van der Waals surface area contributed by atoms with Crippen LogP contribution in [0, 0.1) is 6.92 Å². The summed E-state index contributed by atoms with van der Waals surface area (Å²) in [6, 6.07) is 16.1. The van der Waals surface area contributed by atoms with Gasteiger partial charge in [-0.3, -0.25) is 25.2 Å². The number of carbonyl (C=O) groups excluding carboxylic acids is 3. The summed E-state index contributed by atoms with van der Waals surface area (Å²) in [5.41, 5.74) is 10.5. The fourth-order valence-electron chi connectivity index (χ4n) is 4.02. The topological polar surface area (TPSA) is 122 Å². The van der Waals surface area contributed by atoms with E-state index in [0.717, 1.165) is 12.0 Å². The summed E-state index contributed by atoms with van der Waals surface area (Å²) in [5, 5.41) is 4.33. The predicted molar refractivity (Wildman–Crippen MR) is 129 cm³/mol. The van der Waals surface area contributed by atoms with E-state index >= 15 is 0 Å². The van der Waals surface area contributed by atoms with Crippen LogP contribution >= 0.6 is 0 Å². The van der Waals surface area contributed by atoms with Crippen LogP contribution in [0.3, 0.4) is 0 Å². The minimum absolute atomic E-state index is 0.0978. The second-order valence-electron chi connectivity index (χ2n) is 8.07. The van der Waals surface area contributed by atoms with Gasteiger partial charge in [0.2, 0.25) is 5.91 Å². The number of hydrogen-bond acceptors (Lipinski definition) is 6. The third-order valence-corrected chi connectivity index (χ3v) is 5.70. The number of aryl methyl sites for hydroxylation is 1. The number of hydrazine groups is 1. The summed E-state index contributed by atoms with van der Waals surface area (Å²) in [4.78, 5) is 37.5. The van der Waals surface area contributed by atoms with Crippen molar-refractivity contribution in [2.75, 3.05) is 7.11 Å². The molecule has 0 spiro atoms. The second-order valence-corrected chi connectivity index (χ2v) is 8.07. The highest BCUT2D eigenvalue weighted by Gasteiger charge is 2.28. The number of hydrazone groups is 1. The van der Waals surface area contributed by atoms with Crippen LogP contribution in [0.15, 0.2) is 64.1 Å². The Morgan fingerprint density at radius 1 is 0.971 bits per heavy atom. The number of nitrogens with zero attached hydrogens (tertiary/aromatic N) is 1. The molecule has 1 aliphatic carbocycles. The number of para-hydroxylation sites is 1. The molecule has 0 bridgehead atoms. The summed E-state index contributed by atoms with van der Waals surface area (Å²) in [6.45, 7) is 1.76. The molecule has 0 unspecified atom stereocenters.